The van der Waals surface area contributed by atoms with E-state index >= 15 is 0 Å². The molecule has 0 saturated heterocycles. The van der Waals surface area contributed by atoms with Crippen LogP contribution >= 0.6 is 11.6 Å². The van der Waals surface area contributed by atoms with Crippen LogP contribution in [0.4, 0.5) is 10.6 Å². The number of nitrogens with zero attached hydrogens (tertiary/aromatic N) is 2. The number of urea groups is 1. The molecule has 0 aromatic carbocycles. The van der Waals surface area contributed by atoms with Crippen LogP contribution in [0.5, 0.6) is 11.6 Å². The van der Waals surface area contributed by atoms with Crippen LogP contribution in [-0.2, 0) is 14.8 Å². The Balaban J connectivity index is 2.33. The van der Waals surface area contributed by atoms with Gasteiger partial charge in [0.05, 0.1) is 0 Å². The summed E-state index contributed by atoms with van der Waals surface area (Å²) in [5.41, 5.74) is 0. The second-order valence-corrected chi connectivity index (χ2v) is 20.4. The van der Waals surface area contributed by atoms with Gasteiger partial charge in [-0.05, 0) is 0 Å². The van der Waals surface area contributed by atoms with Crippen LogP contribution in [0.25, 0.3) is 0 Å². The van der Waals surface area contributed by atoms with Crippen LogP contribution in [0.3, 0.4) is 0 Å². The third-order valence-corrected chi connectivity index (χ3v) is 12.5. The Morgan fingerprint density at radius 1 is 1.21 bits per heavy atom. The van der Waals surface area contributed by atoms with Gasteiger partial charge < -0.3 is 0 Å². The van der Waals surface area contributed by atoms with E-state index in [1.54, 1.807) is 9.88 Å². The van der Waals surface area contributed by atoms with Gasteiger partial charge in [-0.15, -0.1) is 0 Å². The van der Waals surface area contributed by atoms with Gasteiger partial charge in [0.2, 0.25) is 0 Å². The van der Waals surface area contributed by atoms with Crippen LogP contribution in [0, 0.1) is 0 Å². The Hall–Kier alpha value is -2.12. The number of anilines is 1. The third kappa shape index (κ3) is 5.70. The molecule has 13 heteroatoms. The summed E-state index contributed by atoms with van der Waals surface area (Å²) in [6, 6.07) is 3.19. The van der Waals surface area contributed by atoms with Crippen LogP contribution in [0.1, 0.15) is 0 Å². The van der Waals surface area contributed by atoms with Gasteiger partial charge >= 0.3 is 177 Å². The number of methoxy groups -OCH3 is 2. The first kappa shape index (κ1) is 23.2. The van der Waals surface area contributed by atoms with Crippen molar-refractivity contribution in [2.75, 3.05) is 19.5 Å². The monoisotopic (exact) mass is 550 g/mol. The Morgan fingerprint density at radius 3 is 2.48 bits per heavy atom. The molecular weight excluding hydrogens is 530 g/mol. The number of hydrogen-bond donors (Lipinski definition) is 2. The van der Waals surface area contributed by atoms with Gasteiger partial charge in [0.1, 0.15) is 0 Å². The van der Waals surface area contributed by atoms with Gasteiger partial charge in [0.15, 0.2) is 0 Å². The molecule has 0 aliphatic carbocycles. The van der Waals surface area contributed by atoms with E-state index in [0.29, 0.717) is 5.75 Å². The average Bonchev–Trinajstić information content (AvgIpc) is 2.66. The van der Waals surface area contributed by atoms with Crippen LogP contribution < -0.4 is 23.1 Å². The normalized spacial score (nSPS) is 11.5. The maximum atomic E-state index is 12.7. The average molecular weight is 550 g/mol. The molecule has 2 rings (SSSR count). The Morgan fingerprint density at radius 2 is 1.90 bits per heavy atom. The molecule has 2 amide bonds. The van der Waals surface area contributed by atoms with Gasteiger partial charge in [0, 0.05) is 0 Å². The van der Waals surface area contributed by atoms with Crippen molar-refractivity contribution in [2.45, 2.75) is 14.9 Å². The third-order valence-electron chi connectivity index (χ3n) is 3.75. The summed E-state index contributed by atoms with van der Waals surface area (Å²) in [4.78, 5) is 35.0. The molecule has 156 valence electrons. The van der Waals surface area contributed by atoms with E-state index in [1.807, 2.05) is 4.72 Å². The van der Waals surface area contributed by atoms with Crippen molar-refractivity contribution in [3.8, 4) is 11.6 Å². The zero-order chi connectivity index (χ0) is 21.8. The molecule has 2 heterocycles. The number of pyridine rings is 2. The van der Waals surface area contributed by atoms with Crippen LogP contribution in [-0.4, -0.2) is 61.3 Å². The van der Waals surface area contributed by atoms with Crippen LogP contribution in [0.2, 0.25) is 14.9 Å². The van der Waals surface area contributed by atoms with Gasteiger partial charge in [-0.2, -0.15) is 0 Å². The van der Waals surface area contributed by atoms with Crippen molar-refractivity contribution in [1.29, 1.82) is 0 Å². The molecule has 29 heavy (non-hydrogen) atoms. The second kappa shape index (κ2) is 9.13. The van der Waals surface area contributed by atoms with Crippen LogP contribution in [0.15, 0.2) is 29.4 Å². The molecule has 0 radical (unpaired) electrons. The zero-order valence-corrected chi connectivity index (χ0v) is 20.4. The molecule has 10 nitrogen and oxygen atoms in total. The van der Waals surface area contributed by atoms with E-state index in [-0.39, 0.29) is 20.3 Å². The number of halogens is 1. The summed E-state index contributed by atoms with van der Waals surface area (Å²) in [6.07, 6.45) is 1.14. The number of carbonyl (C=O) groups excluding carboxylic acids is 2. The van der Waals surface area contributed by atoms with E-state index in [4.69, 9.17) is 21.1 Å². The summed E-state index contributed by atoms with van der Waals surface area (Å²) < 4.78 is 38.4. The van der Waals surface area contributed by atoms with Gasteiger partial charge in [-0.25, -0.2) is 0 Å². The van der Waals surface area contributed by atoms with Gasteiger partial charge in [-0.3, -0.25) is 0 Å². The minimum absolute atomic E-state index is 0.00517. The fraction of sp³-hybridized carbons (Fsp3) is 0.250. The number of rotatable bonds is 7. The molecule has 2 aromatic rings. The molecule has 0 spiro atoms. The number of ether oxygens (including phenoxy) is 2. The standard InChI is InChI=1S/C13H12ClN4O5S.CHO.2CH3.Sn/c1-22-9-5-10(16-11(6-9)23-2)17-13(19)18-24(20,21)12-4-3-8(14)7-15-12;1-2;;;/h3,5-7H,1-2H3,(H2,16,17,18,19);1H;2*1H3;. The fourth-order valence-corrected chi connectivity index (χ4v) is 10.1. The molecule has 0 unspecified atom stereocenters. The van der Waals surface area contributed by atoms with E-state index in [1.165, 1.54) is 32.4 Å². The number of nitrogens with one attached hydrogen (secondary N) is 2. The van der Waals surface area contributed by atoms with E-state index in [9.17, 15) is 18.0 Å². The zero-order valence-electron chi connectivity index (χ0n) is 16.0. The van der Waals surface area contributed by atoms with E-state index in [2.05, 4.69) is 15.3 Å². The van der Waals surface area contributed by atoms with Crippen molar-refractivity contribution >= 4 is 59.7 Å². The first-order valence-corrected chi connectivity index (χ1v) is 18.7. The first-order valence-electron chi connectivity index (χ1n) is 8.08. The topological polar surface area (TPSA) is 137 Å². The Kier molecular flexibility index (Phi) is 7.29. The number of amides is 2. The molecule has 0 atom stereocenters. The van der Waals surface area contributed by atoms with E-state index < -0.39 is 39.5 Å². The predicted molar refractivity (Wildman–Crippen MR) is 110 cm³/mol. The molecule has 0 fully saturated rings. The molecule has 0 bridgehead atoms. The molecule has 0 saturated carbocycles. The molecule has 0 aliphatic heterocycles. The SMILES string of the molecule is COc1cc(NC(=O)NS(=O)(=O)c2ncc(Cl)c[c]2[Sn]([CH3])([CH3])[CH]=O)nc(OC)c1. The number of aromatic nitrogens is 2. The second-order valence-electron chi connectivity index (χ2n) is 6.34. The molecule has 2 aromatic heterocycles. The van der Waals surface area contributed by atoms with Crippen molar-refractivity contribution in [2.24, 2.45) is 0 Å². The molecule has 0 aliphatic rings. The fourth-order valence-electron chi connectivity index (χ4n) is 2.25. The molecule has 2 N–H and O–H groups in total. The number of sulfonamides is 1. The summed E-state index contributed by atoms with van der Waals surface area (Å²) in [5, 5.41) is 2.09. The van der Waals surface area contributed by atoms with Crippen molar-refractivity contribution in [3.05, 3.63) is 29.4 Å². The number of carbonyl (C=O) groups is 2. The van der Waals surface area contributed by atoms with Crippen molar-refractivity contribution < 1.29 is 27.5 Å². The Labute approximate surface area is 176 Å². The Bertz CT molecular complexity index is 1030. The predicted octanol–water partition coefficient (Wildman–Crippen LogP) is 1.34. The quantitative estimate of drug-likeness (QED) is 0.390. The van der Waals surface area contributed by atoms with E-state index in [0.717, 1.165) is 10.5 Å². The van der Waals surface area contributed by atoms with Gasteiger partial charge in [-0.1, -0.05) is 0 Å². The van der Waals surface area contributed by atoms with Crippen molar-refractivity contribution in [3.63, 3.8) is 0 Å². The summed E-state index contributed by atoms with van der Waals surface area (Å²) >= 11 is 2.29. The van der Waals surface area contributed by atoms with Crippen molar-refractivity contribution in [1.82, 2.24) is 14.7 Å². The maximum absolute atomic E-state index is 12.7. The summed E-state index contributed by atoms with van der Waals surface area (Å²) in [6.45, 7) is 0. The number of hydrogen-bond acceptors (Lipinski definition) is 8. The molecular formula is C16H19ClN4O6SSn. The first-order chi connectivity index (χ1) is 13.5. The summed E-state index contributed by atoms with van der Waals surface area (Å²) in [5.74, 6) is 0.509. The van der Waals surface area contributed by atoms with Gasteiger partial charge in [0.25, 0.3) is 0 Å². The summed E-state index contributed by atoms with van der Waals surface area (Å²) in [7, 11) is -1.59. The minimum atomic E-state index is -4.38.